The fourth-order valence-corrected chi connectivity index (χ4v) is 1.36. The molecule has 0 saturated carbocycles. The summed E-state index contributed by atoms with van der Waals surface area (Å²) in [5.41, 5.74) is 1.10. The van der Waals surface area contributed by atoms with E-state index in [-0.39, 0.29) is 5.91 Å². The van der Waals surface area contributed by atoms with Crippen molar-refractivity contribution in [3.8, 4) is 0 Å². The maximum atomic E-state index is 11.7. The molecule has 0 bridgehead atoms. The van der Waals surface area contributed by atoms with Crippen LogP contribution in [-0.2, 0) is 0 Å². The smallest absolute Gasteiger partial charge is 0.255 e. The number of carbonyl (C=O) groups is 1. The highest BCUT2D eigenvalue weighted by molar-refractivity contribution is 6.29. The van der Waals surface area contributed by atoms with Crippen molar-refractivity contribution in [1.82, 2.24) is 9.97 Å². The van der Waals surface area contributed by atoms with Crippen LogP contribution >= 0.6 is 11.6 Å². The molecule has 0 atom stereocenters. The SMILES string of the molecule is O=C(Nc1cccnc1)c1ccnc(Cl)c1. The van der Waals surface area contributed by atoms with Gasteiger partial charge in [0.15, 0.2) is 0 Å². The molecule has 0 saturated heterocycles. The van der Waals surface area contributed by atoms with E-state index in [1.807, 2.05) is 0 Å². The molecule has 4 nitrogen and oxygen atoms in total. The van der Waals surface area contributed by atoms with Crippen molar-refractivity contribution in [2.75, 3.05) is 5.32 Å². The highest BCUT2D eigenvalue weighted by Gasteiger charge is 2.06. The number of amides is 1. The maximum absolute atomic E-state index is 11.7. The maximum Gasteiger partial charge on any atom is 0.255 e. The Morgan fingerprint density at radius 2 is 2.19 bits per heavy atom. The third kappa shape index (κ3) is 2.55. The molecule has 0 fully saturated rings. The molecular formula is C11H8ClN3O. The highest BCUT2D eigenvalue weighted by Crippen LogP contribution is 2.10. The van der Waals surface area contributed by atoms with Crippen molar-refractivity contribution >= 4 is 23.2 Å². The lowest BCUT2D eigenvalue weighted by atomic mass is 10.2. The van der Waals surface area contributed by atoms with Crippen LogP contribution in [0.5, 0.6) is 0 Å². The van der Waals surface area contributed by atoms with Crippen molar-refractivity contribution in [2.45, 2.75) is 0 Å². The Kier molecular flexibility index (Phi) is 3.12. The molecule has 0 aromatic carbocycles. The molecule has 5 heteroatoms. The number of hydrogen-bond donors (Lipinski definition) is 1. The second kappa shape index (κ2) is 4.72. The van der Waals surface area contributed by atoms with Crippen LogP contribution in [0.4, 0.5) is 5.69 Å². The second-order valence-corrected chi connectivity index (χ2v) is 3.45. The van der Waals surface area contributed by atoms with Crippen LogP contribution in [0.3, 0.4) is 0 Å². The van der Waals surface area contributed by atoms with Crippen LogP contribution < -0.4 is 5.32 Å². The zero-order valence-electron chi connectivity index (χ0n) is 8.22. The number of anilines is 1. The molecule has 0 spiro atoms. The third-order valence-electron chi connectivity index (χ3n) is 1.91. The van der Waals surface area contributed by atoms with Crippen molar-refractivity contribution in [3.63, 3.8) is 0 Å². The van der Waals surface area contributed by atoms with E-state index in [9.17, 15) is 4.79 Å². The molecule has 2 heterocycles. The fourth-order valence-electron chi connectivity index (χ4n) is 1.18. The molecule has 80 valence electrons. The van der Waals surface area contributed by atoms with Gasteiger partial charge in [0.1, 0.15) is 5.15 Å². The van der Waals surface area contributed by atoms with Gasteiger partial charge in [-0.15, -0.1) is 0 Å². The summed E-state index contributed by atoms with van der Waals surface area (Å²) in [6.07, 6.45) is 4.69. The lowest BCUT2D eigenvalue weighted by Gasteiger charge is -2.04. The lowest BCUT2D eigenvalue weighted by Crippen LogP contribution is -2.11. The summed E-state index contributed by atoms with van der Waals surface area (Å²) < 4.78 is 0. The molecule has 2 aromatic rings. The van der Waals surface area contributed by atoms with Crippen LogP contribution in [0.1, 0.15) is 10.4 Å². The number of aromatic nitrogens is 2. The number of nitrogens with one attached hydrogen (secondary N) is 1. The van der Waals surface area contributed by atoms with Crippen molar-refractivity contribution in [1.29, 1.82) is 0 Å². The van der Waals surface area contributed by atoms with Gasteiger partial charge in [0.2, 0.25) is 0 Å². The normalized spacial score (nSPS) is 9.81. The number of hydrogen-bond acceptors (Lipinski definition) is 3. The van der Waals surface area contributed by atoms with Crippen LogP contribution in [0.2, 0.25) is 5.15 Å². The highest BCUT2D eigenvalue weighted by atomic mass is 35.5. The van der Waals surface area contributed by atoms with E-state index in [4.69, 9.17) is 11.6 Å². The minimum Gasteiger partial charge on any atom is -0.321 e. The van der Waals surface area contributed by atoms with E-state index in [0.29, 0.717) is 16.4 Å². The summed E-state index contributed by atoms with van der Waals surface area (Å²) >= 11 is 5.69. The van der Waals surface area contributed by atoms with Gasteiger partial charge in [0.25, 0.3) is 5.91 Å². The van der Waals surface area contributed by atoms with Gasteiger partial charge in [-0.25, -0.2) is 4.98 Å². The summed E-state index contributed by atoms with van der Waals surface area (Å²) in [5, 5.41) is 2.99. The number of rotatable bonds is 2. The number of carbonyl (C=O) groups excluding carboxylic acids is 1. The number of nitrogens with zero attached hydrogens (tertiary/aromatic N) is 2. The van der Waals surface area contributed by atoms with Crippen molar-refractivity contribution in [3.05, 3.63) is 53.6 Å². The molecule has 0 aliphatic heterocycles. The van der Waals surface area contributed by atoms with E-state index in [1.54, 1.807) is 30.6 Å². The van der Waals surface area contributed by atoms with Crippen molar-refractivity contribution < 1.29 is 4.79 Å². The van der Waals surface area contributed by atoms with Crippen molar-refractivity contribution in [2.24, 2.45) is 0 Å². The molecular weight excluding hydrogens is 226 g/mol. The van der Waals surface area contributed by atoms with E-state index >= 15 is 0 Å². The summed E-state index contributed by atoms with van der Waals surface area (Å²) in [7, 11) is 0. The van der Waals surface area contributed by atoms with Gasteiger partial charge in [-0.1, -0.05) is 11.6 Å². The van der Waals surface area contributed by atoms with Crippen LogP contribution in [0.15, 0.2) is 42.9 Å². The number of pyridine rings is 2. The predicted molar refractivity (Wildman–Crippen MR) is 61.4 cm³/mol. The van der Waals surface area contributed by atoms with Gasteiger partial charge in [-0.3, -0.25) is 9.78 Å². The van der Waals surface area contributed by atoms with Gasteiger partial charge in [0, 0.05) is 18.0 Å². The monoisotopic (exact) mass is 233 g/mol. The van der Waals surface area contributed by atoms with E-state index in [0.717, 1.165) is 0 Å². The van der Waals surface area contributed by atoms with E-state index < -0.39 is 0 Å². The fraction of sp³-hybridized carbons (Fsp3) is 0. The summed E-state index contributed by atoms with van der Waals surface area (Å²) in [6, 6.07) is 6.60. The first-order valence-corrected chi connectivity index (χ1v) is 4.96. The largest absolute Gasteiger partial charge is 0.321 e. The first kappa shape index (κ1) is 10.6. The Morgan fingerprint density at radius 3 is 2.88 bits per heavy atom. The Balaban J connectivity index is 2.15. The standard InChI is InChI=1S/C11H8ClN3O/c12-10-6-8(3-5-14-10)11(16)15-9-2-1-4-13-7-9/h1-7H,(H,15,16). The van der Waals surface area contributed by atoms with E-state index in [1.165, 1.54) is 12.3 Å². The minimum atomic E-state index is -0.239. The molecule has 1 N–H and O–H groups in total. The average molecular weight is 234 g/mol. The van der Waals surface area contributed by atoms with Crippen LogP contribution in [0.25, 0.3) is 0 Å². The van der Waals surface area contributed by atoms with Gasteiger partial charge in [-0.2, -0.15) is 0 Å². The topological polar surface area (TPSA) is 54.9 Å². The Hall–Kier alpha value is -1.94. The Morgan fingerprint density at radius 1 is 1.31 bits per heavy atom. The summed E-state index contributed by atoms with van der Waals surface area (Å²) in [5.74, 6) is -0.239. The zero-order valence-corrected chi connectivity index (χ0v) is 8.98. The molecule has 0 unspecified atom stereocenters. The Bertz CT molecular complexity index is 502. The molecule has 1 amide bonds. The second-order valence-electron chi connectivity index (χ2n) is 3.06. The Labute approximate surface area is 97.3 Å². The average Bonchev–Trinajstić information content (AvgIpc) is 2.30. The van der Waals surface area contributed by atoms with Crippen LogP contribution in [0, 0.1) is 0 Å². The van der Waals surface area contributed by atoms with Gasteiger partial charge in [0.05, 0.1) is 11.9 Å². The third-order valence-corrected chi connectivity index (χ3v) is 2.11. The molecule has 0 radical (unpaired) electrons. The lowest BCUT2D eigenvalue weighted by molar-refractivity contribution is 0.102. The first-order valence-electron chi connectivity index (χ1n) is 4.58. The quantitative estimate of drug-likeness (QED) is 0.811. The predicted octanol–water partition coefficient (Wildman–Crippen LogP) is 2.38. The molecule has 0 aliphatic carbocycles. The van der Waals surface area contributed by atoms with Gasteiger partial charge in [-0.05, 0) is 24.3 Å². The van der Waals surface area contributed by atoms with E-state index in [2.05, 4.69) is 15.3 Å². The number of halogens is 1. The van der Waals surface area contributed by atoms with Gasteiger partial charge >= 0.3 is 0 Å². The first-order chi connectivity index (χ1) is 7.75. The molecule has 2 rings (SSSR count). The molecule has 0 aliphatic rings. The summed E-state index contributed by atoms with van der Waals surface area (Å²) in [6.45, 7) is 0. The molecule has 16 heavy (non-hydrogen) atoms. The molecule has 2 aromatic heterocycles. The van der Waals surface area contributed by atoms with Gasteiger partial charge < -0.3 is 5.32 Å². The minimum absolute atomic E-state index is 0.239. The zero-order chi connectivity index (χ0) is 11.4. The van der Waals surface area contributed by atoms with Crippen LogP contribution in [-0.4, -0.2) is 15.9 Å². The summed E-state index contributed by atoms with van der Waals surface area (Å²) in [4.78, 5) is 19.4.